The fourth-order valence-corrected chi connectivity index (χ4v) is 4.08. The molecule has 0 bridgehead atoms. The number of anilines is 1. The van der Waals surface area contributed by atoms with Gasteiger partial charge in [-0.3, -0.25) is 0 Å². The first-order valence-electron chi connectivity index (χ1n) is 8.70. The molecule has 6 heteroatoms. The minimum absolute atomic E-state index is 0.163. The monoisotopic (exact) mass is 340 g/mol. The second kappa shape index (κ2) is 7.03. The summed E-state index contributed by atoms with van der Waals surface area (Å²) in [6.07, 6.45) is 3.27. The van der Waals surface area contributed by atoms with E-state index in [2.05, 4.69) is 5.32 Å². The zero-order valence-corrected chi connectivity index (χ0v) is 13.6. The second-order valence-corrected chi connectivity index (χ2v) is 6.77. The smallest absolute Gasteiger partial charge is 0.321 e. The molecule has 132 valence electrons. The van der Waals surface area contributed by atoms with Gasteiger partial charge in [-0.2, -0.15) is 13.2 Å². The lowest BCUT2D eigenvalue weighted by Gasteiger charge is -2.34. The predicted octanol–water partition coefficient (Wildman–Crippen LogP) is 5.28. The molecule has 1 heterocycles. The summed E-state index contributed by atoms with van der Waals surface area (Å²) in [4.78, 5) is 14.3. The summed E-state index contributed by atoms with van der Waals surface area (Å²) >= 11 is 0. The SMILES string of the molecule is O=C(Nc1ccccc1C(F)(F)F)N1CCCC1C1CCCCC1. The number of para-hydroxylation sites is 1. The average molecular weight is 340 g/mol. The van der Waals surface area contributed by atoms with Crippen LogP contribution in [0.5, 0.6) is 0 Å². The minimum Gasteiger partial charge on any atom is -0.321 e. The maximum absolute atomic E-state index is 13.1. The topological polar surface area (TPSA) is 32.3 Å². The van der Waals surface area contributed by atoms with Gasteiger partial charge in [-0.25, -0.2) is 4.79 Å². The van der Waals surface area contributed by atoms with Crippen LogP contribution in [0.15, 0.2) is 24.3 Å². The Bertz CT molecular complexity index is 582. The molecular weight excluding hydrogens is 317 g/mol. The molecule has 1 atom stereocenters. The maximum Gasteiger partial charge on any atom is 0.418 e. The summed E-state index contributed by atoms with van der Waals surface area (Å²) in [7, 11) is 0. The Morgan fingerprint density at radius 1 is 1.04 bits per heavy atom. The van der Waals surface area contributed by atoms with Crippen LogP contribution in [0.2, 0.25) is 0 Å². The number of rotatable bonds is 2. The number of halogens is 3. The molecule has 1 saturated heterocycles. The van der Waals surface area contributed by atoms with Gasteiger partial charge in [-0.1, -0.05) is 31.4 Å². The number of likely N-dealkylation sites (tertiary alicyclic amines) is 1. The standard InChI is InChI=1S/C18H23F3N2O/c19-18(20,21)14-9-4-5-10-15(14)22-17(24)23-12-6-11-16(23)13-7-2-1-3-8-13/h4-5,9-10,13,16H,1-3,6-8,11-12H2,(H,22,24). The molecule has 1 N–H and O–H groups in total. The first kappa shape index (κ1) is 17.1. The van der Waals surface area contributed by atoms with Gasteiger partial charge in [-0.15, -0.1) is 0 Å². The number of carbonyl (C=O) groups is 1. The van der Waals surface area contributed by atoms with Gasteiger partial charge in [0.2, 0.25) is 0 Å². The van der Waals surface area contributed by atoms with Crippen molar-refractivity contribution in [2.24, 2.45) is 5.92 Å². The normalized spacial score (nSPS) is 22.6. The van der Waals surface area contributed by atoms with E-state index in [1.807, 2.05) is 0 Å². The van der Waals surface area contributed by atoms with Crippen molar-refractivity contribution in [1.29, 1.82) is 0 Å². The van der Waals surface area contributed by atoms with Gasteiger partial charge in [0.05, 0.1) is 11.3 Å². The molecule has 2 fully saturated rings. The molecule has 1 aromatic rings. The van der Waals surface area contributed by atoms with Crippen LogP contribution >= 0.6 is 0 Å². The minimum atomic E-state index is -4.47. The molecule has 1 aliphatic heterocycles. The summed E-state index contributed by atoms with van der Waals surface area (Å²) in [6, 6.07) is 4.92. The molecule has 1 saturated carbocycles. The van der Waals surface area contributed by atoms with Gasteiger partial charge in [-0.05, 0) is 43.7 Å². The third-order valence-electron chi connectivity index (χ3n) is 5.23. The van der Waals surface area contributed by atoms with Crippen LogP contribution in [-0.2, 0) is 6.18 Å². The molecule has 0 radical (unpaired) electrons. The van der Waals surface area contributed by atoms with E-state index in [1.54, 1.807) is 4.90 Å². The number of nitrogens with zero attached hydrogens (tertiary/aromatic N) is 1. The summed E-state index contributed by atoms with van der Waals surface area (Å²) in [6.45, 7) is 0.626. The van der Waals surface area contributed by atoms with Crippen molar-refractivity contribution in [3.8, 4) is 0 Å². The summed E-state index contributed by atoms with van der Waals surface area (Å²) in [5, 5.41) is 2.50. The third-order valence-corrected chi connectivity index (χ3v) is 5.23. The third kappa shape index (κ3) is 3.68. The zero-order valence-electron chi connectivity index (χ0n) is 13.6. The Labute approximate surface area is 140 Å². The van der Waals surface area contributed by atoms with Crippen molar-refractivity contribution >= 4 is 11.7 Å². The van der Waals surface area contributed by atoms with Crippen LogP contribution in [0.25, 0.3) is 0 Å². The first-order chi connectivity index (χ1) is 11.5. The molecule has 1 aromatic carbocycles. The lowest BCUT2D eigenvalue weighted by atomic mass is 9.83. The highest BCUT2D eigenvalue weighted by molar-refractivity contribution is 5.90. The van der Waals surface area contributed by atoms with E-state index in [0.29, 0.717) is 12.5 Å². The lowest BCUT2D eigenvalue weighted by Crippen LogP contribution is -2.43. The summed E-state index contributed by atoms with van der Waals surface area (Å²) in [5.74, 6) is 0.491. The van der Waals surface area contributed by atoms with Crippen molar-refractivity contribution in [1.82, 2.24) is 4.90 Å². The number of urea groups is 1. The maximum atomic E-state index is 13.1. The number of benzene rings is 1. The molecule has 1 aliphatic carbocycles. The quantitative estimate of drug-likeness (QED) is 0.780. The van der Waals surface area contributed by atoms with Crippen LogP contribution in [0.1, 0.15) is 50.5 Å². The van der Waals surface area contributed by atoms with Crippen molar-refractivity contribution in [2.75, 3.05) is 11.9 Å². The van der Waals surface area contributed by atoms with Gasteiger partial charge in [0.15, 0.2) is 0 Å². The molecule has 1 unspecified atom stereocenters. The molecular formula is C18H23F3N2O. The average Bonchev–Trinajstić information content (AvgIpc) is 3.05. The molecule has 24 heavy (non-hydrogen) atoms. The van der Waals surface area contributed by atoms with Crippen LogP contribution in [0, 0.1) is 5.92 Å². The highest BCUT2D eigenvalue weighted by atomic mass is 19.4. The summed E-state index contributed by atoms with van der Waals surface area (Å²) < 4.78 is 39.2. The molecule has 3 rings (SSSR count). The van der Waals surface area contributed by atoms with Gasteiger partial charge >= 0.3 is 12.2 Å². The summed E-state index contributed by atoms with van der Waals surface area (Å²) in [5.41, 5.74) is -0.962. The van der Waals surface area contributed by atoms with Crippen LogP contribution < -0.4 is 5.32 Å². The Kier molecular flexibility index (Phi) is 5.01. The number of carbonyl (C=O) groups excluding carboxylic acids is 1. The van der Waals surface area contributed by atoms with E-state index >= 15 is 0 Å². The zero-order chi connectivity index (χ0) is 17.2. The number of hydrogen-bond donors (Lipinski definition) is 1. The van der Waals surface area contributed by atoms with E-state index in [4.69, 9.17) is 0 Å². The van der Waals surface area contributed by atoms with Gasteiger partial charge < -0.3 is 10.2 Å². The number of amides is 2. The fourth-order valence-electron chi connectivity index (χ4n) is 4.08. The Morgan fingerprint density at radius 3 is 2.46 bits per heavy atom. The van der Waals surface area contributed by atoms with Crippen molar-refractivity contribution in [3.05, 3.63) is 29.8 Å². The molecule has 3 nitrogen and oxygen atoms in total. The Hall–Kier alpha value is -1.72. The van der Waals surface area contributed by atoms with Crippen LogP contribution in [-0.4, -0.2) is 23.5 Å². The van der Waals surface area contributed by atoms with Gasteiger partial charge in [0.25, 0.3) is 0 Å². The largest absolute Gasteiger partial charge is 0.418 e. The highest BCUT2D eigenvalue weighted by Crippen LogP contribution is 2.37. The van der Waals surface area contributed by atoms with Crippen LogP contribution in [0.3, 0.4) is 0 Å². The lowest BCUT2D eigenvalue weighted by molar-refractivity contribution is -0.136. The van der Waals surface area contributed by atoms with E-state index < -0.39 is 17.8 Å². The van der Waals surface area contributed by atoms with E-state index in [-0.39, 0.29) is 11.7 Å². The Balaban J connectivity index is 1.73. The van der Waals surface area contributed by atoms with Crippen molar-refractivity contribution < 1.29 is 18.0 Å². The van der Waals surface area contributed by atoms with Gasteiger partial charge in [0.1, 0.15) is 0 Å². The number of alkyl halides is 3. The fraction of sp³-hybridized carbons (Fsp3) is 0.611. The predicted molar refractivity (Wildman–Crippen MR) is 86.8 cm³/mol. The Morgan fingerprint density at radius 2 is 1.75 bits per heavy atom. The molecule has 0 spiro atoms. The molecule has 2 aliphatic rings. The van der Waals surface area contributed by atoms with E-state index in [1.165, 1.54) is 37.5 Å². The van der Waals surface area contributed by atoms with Crippen molar-refractivity contribution in [2.45, 2.75) is 57.2 Å². The van der Waals surface area contributed by atoms with Crippen LogP contribution in [0.4, 0.5) is 23.7 Å². The van der Waals surface area contributed by atoms with E-state index in [9.17, 15) is 18.0 Å². The first-order valence-corrected chi connectivity index (χ1v) is 8.70. The number of nitrogens with one attached hydrogen (secondary N) is 1. The van der Waals surface area contributed by atoms with Crippen molar-refractivity contribution in [3.63, 3.8) is 0 Å². The van der Waals surface area contributed by atoms with E-state index in [0.717, 1.165) is 31.7 Å². The van der Waals surface area contributed by atoms with Gasteiger partial charge in [0, 0.05) is 12.6 Å². The molecule has 0 aromatic heterocycles. The number of hydrogen-bond acceptors (Lipinski definition) is 1. The highest BCUT2D eigenvalue weighted by Gasteiger charge is 2.37. The molecule has 2 amide bonds. The second-order valence-electron chi connectivity index (χ2n) is 6.77.